The first kappa shape index (κ1) is 18.2. The zero-order chi connectivity index (χ0) is 19.6. The van der Waals surface area contributed by atoms with E-state index in [1.54, 1.807) is 0 Å². The Balaban J connectivity index is 1.48. The van der Waals surface area contributed by atoms with Gasteiger partial charge in [0.2, 0.25) is 5.91 Å². The van der Waals surface area contributed by atoms with E-state index < -0.39 is 0 Å². The monoisotopic (exact) mass is 403 g/mol. The normalized spacial score (nSPS) is 16.8. The van der Waals surface area contributed by atoms with Crippen LogP contribution in [0.4, 0.5) is 11.4 Å². The van der Waals surface area contributed by atoms with Gasteiger partial charge in [0.25, 0.3) is 0 Å². The number of nitrogens with zero attached hydrogens (tertiary/aromatic N) is 2. The highest BCUT2D eigenvalue weighted by atomic mass is 32.2. The minimum atomic E-state index is -0.356. The minimum Gasteiger partial charge on any atom is -0.378 e. The minimum absolute atomic E-state index is 0.103. The summed E-state index contributed by atoms with van der Waals surface area (Å²) < 4.78 is 5.42. The number of benzene rings is 3. The molecule has 0 bridgehead atoms. The second-order valence-corrected chi connectivity index (χ2v) is 8.16. The Morgan fingerprint density at radius 2 is 1.76 bits per heavy atom. The van der Waals surface area contributed by atoms with Crippen LogP contribution in [-0.2, 0) is 9.53 Å². The molecule has 2 aliphatic heterocycles. The molecule has 0 aromatic heterocycles. The van der Waals surface area contributed by atoms with Crippen molar-refractivity contribution in [2.75, 3.05) is 31.6 Å². The standard InChI is InChI=1S/C23H21N3O2S/c27-22(26-12-14-28-15-13-26)21(17-6-2-1-3-7-17)29-23-24-18-10-4-8-16-9-5-11-19(25-23)20(16)18/h1-11,21H,12-15H2,(H,24,25)/t21-/m1/s1. The Hall–Kier alpha value is -2.83. The topological polar surface area (TPSA) is 53.9 Å². The van der Waals surface area contributed by atoms with Crippen molar-refractivity contribution in [1.82, 2.24) is 4.90 Å². The van der Waals surface area contributed by atoms with Gasteiger partial charge in [-0.2, -0.15) is 0 Å². The second kappa shape index (κ2) is 7.89. The van der Waals surface area contributed by atoms with Crippen LogP contribution in [0.2, 0.25) is 0 Å². The summed E-state index contributed by atoms with van der Waals surface area (Å²) in [6, 6.07) is 22.3. The summed E-state index contributed by atoms with van der Waals surface area (Å²) in [7, 11) is 0. The van der Waals surface area contributed by atoms with Crippen molar-refractivity contribution in [1.29, 1.82) is 0 Å². The van der Waals surface area contributed by atoms with Crippen molar-refractivity contribution in [3.63, 3.8) is 0 Å². The number of nitrogens with one attached hydrogen (secondary N) is 1. The van der Waals surface area contributed by atoms with Gasteiger partial charge < -0.3 is 15.0 Å². The number of ether oxygens (including phenoxy) is 1. The highest BCUT2D eigenvalue weighted by Crippen LogP contribution is 2.40. The largest absolute Gasteiger partial charge is 0.378 e. The lowest BCUT2D eigenvalue weighted by Crippen LogP contribution is -2.42. The van der Waals surface area contributed by atoms with Crippen LogP contribution in [-0.4, -0.2) is 42.3 Å². The van der Waals surface area contributed by atoms with E-state index in [1.165, 1.54) is 11.8 Å². The number of amides is 1. The van der Waals surface area contributed by atoms with Gasteiger partial charge in [-0.3, -0.25) is 4.79 Å². The van der Waals surface area contributed by atoms with Crippen LogP contribution in [0.1, 0.15) is 10.8 Å². The van der Waals surface area contributed by atoms with Gasteiger partial charge in [-0.25, -0.2) is 4.99 Å². The average molecular weight is 404 g/mol. The molecule has 1 atom stereocenters. The zero-order valence-electron chi connectivity index (χ0n) is 15.9. The van der Waals surface area contributed by atoms with Gasteiger partial charge in [0.1, 0.15) is 5.25 Å². The van der Waals surface area contributed by atoms with Crippen LogP contribution in [0.3, 0.4) is 0 Å². The van der Waals surface area contributed by atoms with Gasteiger partial charge in [0, 0.05) is 18.5 Å². The molecule has 6 heteroatoms. The average Bonchev–Trinajstić information content (AvgIpc) is 2.78. The van der Waals surface area contributed by atoms with E-state index in [-0.39, 0.29) is 11.2 Å². The first-order valence-corrected chi connectivity index (χ1v) is 10.6. The number of hydrogen-bond acceptors (Lipinski definition) is 5. The molecule has 1 fully saturated rings. The van der Waals surface area contributed by atoms with Crippen LogP contribution in [0.25, 0.3) is 10.8 Å². The molecule has 0 radical (unpaired) electrons. The molecule has 29 heavy (non-hydrogen) atoms. The number of carbonyl (C=O) groups excluding carboxylic acids is 1. The van der Waals surface area contributed by atoms with Crippen LogP contribution >= 0.6 is 11.8 Å². The predicted octanol–water partition coefficient (Wildman–Crippen LogP) is 4.59. The molecule has 3 aromatic carbocycles. The summed E-state index contributed by atoms with van der Waals surface area (Å²) in [4.78, 5) is 20.1. The highest BCUT2D eigenvalue weighted by Gasteiger charge is 2.30. The number of carbonyl (C=O) groups is 1. The summed E-state index contributed by atoms with van der Waals surface area (Å²) in [5.41, 5.74) is 2.95. The van der Waals surface area contributed by atoms with Gasteiger partial charge in [-0.05, 0) is 23.1 Å². The third-order valence-electron chi connectivity index (χ3n) is 5.23. The molecule has 3 aromatic rings. The van der Waals surface area contributed by atoms with Crippen molar-refractivity contribution in [2.24, 2.45) is 4.99 Å². The molecule has 1 amide bonds. The maximum atomic E-state index is 13.4. The summed E-state index contributed by atoms with van der Waals surface area (Å²) in [5.74, 6) is 0.103. The lowest BCUT2D eigenvalue weighted by molar-refractivity contribution is -0.134. The van der Waals surface area contributed by atoms with Gasteiger partial charge in [-0.1, -0.05) is 66.4 Å². The number of rotatable bonds is 3. The zero-order valence-corrected chi connectivity index (χ0v) is 16.7. The molecule has 0 saturated carbocycles. The number of thioether (sulfide) groups is 1. The summed E-state index contributed by atoms with van der Waals surface area (Å²) in [5, 5.41) is 6.10. The predicted molar refractivity (Wildman–Crippen MR) is 119 cm³/mol. The summed E-state index contributed by atoms with van der Waals surface area (Å²) >= 11 is 1.48. The van der Waals surface area contributed by atoms with Crippen molar-refractivity contribution in [2.45, 2.75) is 5.25 Å². The third-order valence-corrected chi connectivity index (χ3v) is 6.35. The fraction of sp³-hybridized carbons (Fsp3) is 0.217. The highest BCUT2D eigenvalue weighted by molar-refractivity contribution is 8.14. The molecular formula is C23H21N3O2S. The van der Waals surface area contributed by atoms with E-state index in [4.69, 9.17) is 9.73 Å². The molecule has 0 unspecified atom stereocenters. The molecule has 1 N–H and O–H groups in total. The van der Waals surface area contributed by atoms with Crippen molar-refractivity contribution < 1.29 is 9.53 Å². The van der Waals surface area contributed by atoms with E-state index in [1.807, 2.05) is 53.4 Å². The molecule has 146 valence electrons. The van der Waals surface area contributed by atoms with Crippen LogP contribution < -0.4 is 5.32 Å². The lowest BCUT2D eigenvalue weighted by Gasteiger charge is -2.31. The molecule has 2 aliphatic rings. The van der Waals surface area contributed by atoms with E-state index in [0.29, 0.717) is 26.3 Å². The number of hydrogen-bond donors (Lipinski definition) is 1. The van der Waals surface area contributed by atoms with E-state index >= 15 is 0 Å². The Labute approximate surface area is 173 Å². The molecule has 0 spiro atoms. The number of aliphatic imine (C=N–C) groups is 1. The van der Waals surface area contributed by atoms with Gasteiger partial charge in [-0.15, -0.1) is 0 Å². The first-order chi connectivity index (χ1) is 14.3. The molecule has 5 nitrogen and oxygen atoms in total. The van der Waals surface area contributed by atoms with Crippen molar-refractivity contribution >= 4 is 45.0 Å². The lowest BCUT2D eigenvalue weighted by atomic mass is 10.1. The quantitative estimate of drug-likeness (QED) is 0.695. The number of morpholine rings is 1. The van der Waals surface area contributed by atoms with Crippen LogP contribution in [0, 0.1) is 0 Å². The SMILES string of the molecule is O=C([C@H](SC1=Nc2cccc3cccc(c23)N1)c1ccccc1)N1CCOCC1. The third kappa shape index (κ3) is 3.61. The summed E-state index contributed by atoms with van der Waals surface area (Å²) in [6.45, 7) is 2.44. The second-order valence-electron chi connectivity index (χ2n) is 7.07. The van der Waals surface area contributed by atoms with E-state index in [0.717, 1.165) is 32.9 Å². The van der Waals surface area contributed by atoms with Crippen molar-refractivity contribution in [3.8, 4) is 0 Å². The van der Waals surface area contributed by atoms with Gasteiger partial charge >= 0.3 is 0 Å². The smallest absolute Gasteiger partial charge is 0.240 e. The van der Waals surface area contributed by atoms with Gasteiger partial charge in [0.15, 0.2) is 5.17 Å². The summed E-state index contributed by atoms with van der Waals surface area (Å²) in [6.07, 6.45) is 0. The number of amidine groups is 1. The Kier molecular flexibility index (Phi) is 4.96. The fourth-order valence-corrected chi connectivity index (χ4v) is 4.86. The maximum Gasteiger partial charge on any atom is 0.240 e. The maximum absolute atomic E-state index is 13.4. The Bertz CT molecular complexity index is 1070. The van der Waals surface area contributed by atoms with Gasteiger partial charge in [0.05, 0.1) is 24.6 Å². The van der Waals surface area contributed by atoms with Crippen LogP contribution in [0.15, 0.2) is 71.7 Å². The fourth-order valence-electron chi connectivity index (χ4n) is 3.78. The molecule has 5 rings (SSSR count). The van der Waals surface area contributed by atoms with E-state index in [2.05, 4.69) is 23.5 Å². The van der Waals surface area contributed by atoms with E-state index in [9.17, 15) is 4.79 Å². The van der Waals surface area contributed by atoms with Crippen LogP contribution in [0.5, 0.6) is 0 Å². The molecule has 2 heterocycles. The molecular weight excluding hydrogens is 382 g/mol. The van der Waals surface area contributed by atoms with Crippen molar-refractivity contribution in [3.05, 3.63) is 72.3 Å². The Morgan fingerprint density at radius 3 is 2.55 bits per heavy atom. The first-order valence-electron chi connectivity index (χ1n) is 9.75. The number of anilines is 1. The molecule has 1 saturated heterocycles. The Morgan fingerprint density at radius 1 is 1.00 bits per heavy atom. The molecule has 0 aliphatic carbocycles.